The summed E-state index contributed by atoms with van der Waals surface area (Å²) in [5, 5.41) is 3.43. The average Bonchev–Trinajstić information content (AvgIpc) is 2.47. The highest BCUT2D eigenvalue weighted by Gasteiger charge is 2.17. The van der Waals surface area contributed by atoms with Crippen LogP contribution in [0.25, 0.3) is 0 Å². The molecule has 112 valence electrons. The summed E-state index contributed by atoms with van der Waals surface area (Å²) in [6.07, 6.45) is 0.262. The first-order valence-corrected chi connectivity index (χ1v) is 6.94. The molecule has 1 aliphatic heterocycles. The fourth-order valence-corrected chi connectivity index (χ4v) is 2.36. The van der Waals surface area contributed by atoms with E-state index in [2.05, 4.69) is 17.3 Å². The molecule has 5 nitrogen and oxygen atoms in total. The lowest BCUT2D eigenvalue weighted by atomic mass is 10.2. The van der Waals surface area contributed by atoms with Crippen molar-refractivity contribution in [3.63, 3.8) is 0 Å². The predicted octanol–water partition coefficient (Wildman–Crippen LogP) is 1.12. The molecular formula is C15H24N2O3. The summed E-state index contributed by atoms with van der Waals surface area (Å²) >= 11 is 0. The van der Waals surface area contributed by atoms with Gasteiger partial charge < -0.3 is 24.4 Å². The number of hydrogen-bond donors (Lipinski definition) is 1. The first-order chi connectivity index (χ1) is 9.72. The van der Waals surface area contributed by atoms with Crippen molar-refractivity contribution in [2.75, 3.05) is 47.5 Å². The molecule has 0 aromatic heterocycles. The van der Waals surface area contributed by atoms with Gasteiger partial charge in [-0.25, -0.2) is 0 Å². The summed E-state index contributed by atoms with van der Waals surface area (Å²) in [4.78, 5) is 2.30. The van der Waals surface area contributed by atoms with Crippen molar-refractivity contribution in [1.29, 1.82) is 0 Å². The van der Waals surface area contributed by atoms with Crippen molar-refractivity contribution >= 4 is 0 Å². The van der Waals surface area contributed by atoms with Gasteiger partial charge in [0.15, 0.2) is 0 Å². The lowest BCUT2D eigenvalue weighted by Gasteiger charge is -2.30. The van der Waals surface area contributed by atoms with Gasteiger partial charge in [-0.2, -0.15) is 0 Å². The van der Waals surface area contributed by atoms with Crippen LogP contribution < -0.4 is 14.8 Å². The van der Waals surface area contributed by atoms with E-state index in [1.807, 2.05) is 18.2 Å². The van der Waals surface area contributed by atoms with Crippen molar-refractivity contribution < 1.29 is 14.2 Å². The second-order valence-electron chi connectivity index (χ2n) is 5.06. The minimum Gasteiger partial charge on any atom is -0.497 e. The zero-order chi connectivity index (χ0) is 14.4. The molecule has 1 fully saturated rings. The minimum absolute atomic E-state index is 0.262. The van der Waals surface area contributed by atoms with E-state index in [0.717, 1.165) is 49.8 Å². The molecular weight excluding hydrogens is 256 g/mol. The third-order valence-electron chi connectivity index (χ3n) is 3.52. The normalized spacial score (nSPS) is 19.9. The molecule has 2 rings (SSSR count). The van der Waals surface area contributed by atoms with Gasteiger partial charge in [0.2, 0.25) is 0 Å². The van der Waals surface area contributed by atoms with Crippen LogP contribution in [0.1, 0.15) is 5.56 Å². The number of morpholine rings is 1. The predicted molar refractivity (Wildman–Crippen MR) is 78.5 cm³/mol. The molecule has 1 saturated heterocycles. The van der Waals surface area contributed by atoms with Gasteiger partial charge in [0, 0.05) is 37.8 Å². The molecule has 1 aromatic carbocycles. The third-order valence-corrected chi connectivity index (χ3v) is 3.52. The van der Waals surface area contributed by atoms with Crippen LogP contribution in [0.3, 0.4) is 0 Å². The molecule has 0 spiro atoms. The monoisotopic (exact) mass is 280 g/mol. The van der Waals surface area contributed by atoms with Gasteiger partial charge in [-0.05, 0) is 13.1 Å². The Bertz CT molecular complexity index is 426. The van der Waals surface area contributed by atoms with Crippen LogP contribution in [-0.2, 0) is 11.3 Å². The van der Waals surface area contributed by atoms with Crippen LogP contribution in [0.2, 0.25) is 0 Å². The number of ether oxygens (including phenoxy) is 3. The maximum atomic E-state index is 5.72. The SMILES string of the molecule is COc1ccc(CNC[C@H]2CN(C)CCO2)c(OC)c1. The highest BCUT2D eigenvalue weighted by atomic mass is 16.5. The van der Waals surface area contributed by atoms with Crippen molar-refractivity contribution in [2.45, 2.75) is 12.6 Å². The van der Waals surface area contributed by atoms with E-state index < -0.39 is 0 Å². The van der Waals surface area contributed by atoms with E-state index >= 15 is 0 Å². The van der Waals surface area contributed by atoms with E-state index in [4.69, 9.17) is 14.2 Å². The van der Waals surface area contributed by atoms with Crippen LogP contribution in [0.4, 0.5) is 0 Å². The fraction of sp³-hybridized carbons (Fsp3) is 0.600. The van der Waals surface area contributed by atoms with Gasteiger partial charge in [0.25, 0.3) is 0 Å². The van der Waals surface area contributed by atoms with Crippen LogP contribution in [0.5, 0.6) is 11.5 Å². The molecule has 0 amide bonds. The molecule has 0 aliphatic carbocycles. The Morgan fingerprint density at radius 3 is 2.90 bits per heavy atom. The van der Waals surface area contributed by atoms with Gasteiger partial charge in [0.1, 0.15) is 11.5 Å². The first kappa shape index (κ1) is 15.1. The number of hydrogen-bond acceptors (Lipinski definition) is 5. The molecule has 1 aromatic rings. The number of nitrogens with one attached hydrogen (secondary N) is 1. The van der Waals surface area contributed by atoms with E-state index in [9.17, 15) is 0 Å². The Morgan fingerprint density at radius 1 is 1.35 bits per heavy atom. The lowest BCUT2D eigenvalue weighted by Crippen LogP contribution is -2.44. The Kier molecular flexibility index (Phi) is 5.64. The van der Waals surface area contributed by atoms with Gasteiger partial charge in [-0.1, -0.05) is 6.07 Å². The molecule has 1 N–H and O–H groups in total. The van der Waals surface area contributed by atoms with Crippen molar-refractivity contribution in [1.82, 2.24) is 10.2 Å². The largest absolute Gasteiger partial charge is 0.497 e. The van der Waals surface area contributed by atoms with E-state index in [0.29, 0.717) is 0 Å². The maximum Gasteiger partial charge on any atom is 0.127 e. The Hall–Kier alpha value is -1.30. The number of methoxy groups -OCH3 is 2. The van der Waals surface area contributed by atoms with Crippen molar-refractivity contribution in [2.24, 2.45) is 0 Å². The smallest absolute Gasteiger partial charge is 0.127 e. The molecule has 20 heavy (non-hydrogen) atoms. The van der Waals surface area contributed by atoms with Gasteiger partial charge in [0.05, 0.1) is 26.9 Å². The molecule has 1 atom stereocenters. The second-order valence-corrected chi connectivity index (χ2v) is 5.06. The lowest BCUT2D eigenvalue weighted by molar-refractivity contribution is -0.0182. The van der Waals surface area contributed by atoms with Gasteiger partial charge in [-0.15, -0.1) is 0 Å². The van der Waals surface area contributed by atoms with E-state index in [1.54, 1.807) is 14.2 Å². The van der Waals surface area contributed by atoms with Crippen LogP contribution in [0, 0.1) is 0 Å². The first-order valence-electron chi connectivity index (χ1n) is 6.94. The number of likely N-dealkylation sites (N-methyl/N-ethyl adjacent to an activating group) is 1. The Balaban J connectivity index is 1.84. The zero-order valence-corrected chi connectivity index (χ0v) is 12.5. The number of benzene rings is 1. The molecule has 0 saturated carbocycles. The molecule has 1 aliphatic rings. The standard InChI is InChI=1S/C15H24N2O3/c1-17-6-7-20-14(11-17)10-16-9-12-4-5-13(18-2)8-15(12)19-3/h4-5,8,14,16H,6-7,9-11H2,1-3H3/t14-/m0/s1. The minimum atomic E-state index is 0.262. The average molecular weight is 280 g/mol. The summed E-state index contributed by atoms with van der Waals surface area (Å²) < 4.78 is 16.3. The molecule has 0 unspecified atom stereocenters. The van der Waals surface area contributed by atoms with Crippen molar-refractivity contribution in [3.8, 4) is 11.5 Å². The Labute approximate surface area is 120 Å². The maximum absolute atomic E-state index is 5.72. The molecule has 0 radical (unpaired) electrons. The second kappa shape index (κ2) is 7.47. The van der Waals surface area contributed by atoms with Crippen LogP contribution >= 0.6 is 0 Å². The quantitative estimate of drug-likeness (QED) is 0.846. The van der Waals surface area contributed by atoms with Gasteiger partial charge in [-0.3, -0.25) is 0 Å². The summed E-state index contributed by atoms with van der Waals surface area (Å²) in [5.74, 6) is 1.65. The number of nitrogens with zero attached hydrogens (tertiary/aromatic N) is 1. The fourth-order valence-electron chi connectivity index (χ4n) is 2.36. The number of rotatable bonds is 6. The summed E-state index contributed by atoms with van der Waals surface area (Å²) in [6, 6.07) is 5.88. The highest BCUT2D eigenvalue weighted by molar-refractivity contribution is 5.40. The molecule has 0 bridgehead atoms. The topological polar surface area (TPSA) is 43.0 Å². The van der Waals surface area contributed by atoms with Gasteiger partial charge >= 0.3 is 0 Å². The van der Waals surface area contributed by atoms with E-state index in [-0.39, 0.29) is 6.10 Å². The zero-order valence-electron chi connectivity index (χ0n) is 12.5. The molecule has 5 heteroatoms. The third kappa shape index (κ3) is 4.10. The van der Waals surface area contributed by atoms with E-state index in [1.165, 1.54) is 0 Å². The van der Waals surface area contributed by atoms with Crippen molar-refractivity contribution in [3.05, 3.63) is 23.8 Å². The molecule has 1 heterocycles. The summed E-state index contributed by atoms with van der Waals surface area (Å²) in [7, 11) is 5.46. The summed E-state index contributed by atoms with van der Waals surface area (Å²) in [5.41, 5.74) is 1.12. The Morgan fingerprint density at radius 2 is 2.20 bits per heavy atom. The summed E-state index contributed by atoms with van der Waals surface area (Å²) in [6.45, 7) is 4.42. The van der Waals surface area contributed by atoms with Crippen LogP contribution in [0.15, 0.2) is 18.2 Å². The van der Waals surface area contributed by atoms with Crippen LogP contribution in [-0.4, -0.2) is 58.5 Å². The highest BCUT2D eigenvalue weighted by Crippen LogP contribution is 2.24.